The first-order chi connectivity index (χ1) is 16.0. The molecule has 170 valence electrons. The van der Waals surface area contributed by atoms with Crippen molar-refractivity contribution in [2.75, 3.05) is 23.3 Å². The third-order valence-electron chi connectivity index (χ3n) is 6.37. The molecule has 0 saturated carbocycles. The third-order valence-corrected chi connectivity index (χ3v) is 6.37. The number of hydrogen-bond donors (Lipinski definition) is 2. The molecule has 33 heavy (non-hydrogen) atoms. The van der Waals surface area contributed by atoms with Gasteiger partial charge in [-0.3, -0.25) is 9.59 Å². The summed E-state index contributed by atoms with van der Waals surface area (Å²) in [5, 5.41) is 7.44. The minimum atomic E-state index is -0.314. The second kappa shape index (κ2) is 8.65. The minimum Gasteiger partial charge on any atom is -0.369 e. The lowest BCUT2D eigenvalue weighted by Crippen LogP contribution is -2.41. The second-order valence-electron chi connectivity index (χ2n) is 8.56. The molecule has 9 heteroatoms. The van der Waals surface area contributed by atoms with Gasteiger partial charge in [0, 0.05) is 24.3 Å². The Morgan fingerprint density at radius 2 is 1.91 bits per heavy atom. The average molecular weight is 449 g/mol. The van der Waals surface area contributed by atoms with Crippen molar-refractivity contribution in [3.63, 3.8) is 0 Å². The number of aromatic nitrogens is 3. The van der Waals surface area contributed by atoms with Crippen LogP contribution in [0.5, 0.6) is 0 Å². The van der Waals surface area contributed by atoms with Crippen molar-refractivity contribution in [2.24, 2.45) is 11.7 Å². The van der Waals surface area contributed by atoms with E-state index in [4.69, 9.17) is 5.73 Å². The number of halogens is 1. The molecule has 3 heterocycles. The van der Waals surface area contributed by atoms with Crippen LogP contribution in [-0.4, -0.2) is 39.7 Å². The summed E-state index contributed by atoms with van der Waals surface area (Å²) in [6.07, 6.45) is 5.85. The van der Waals surface area contributed by atoms with Gasteiger partial charge in [-0.1, -0.05) is 0 Å². The van der Waals surface area contributed by atoms with E-state index < -0.39 is 0 Å². The van der Waals surface area contributed by atoms with Gasteiger partial charge in [0.2, 0.25) is 5.91 Å². The molecule has 1 atom stereocenters. The highest BCUT2D eigenvalue weighted by Crippen LogP contribution is 2.29. The van der Waals surface area contributed by atoms with Gasteiger partial charge in [-0.05, 0) is 68.5 Å². The van der Waals surface area contributed by atoms with Crippen molar-refractivity contribution in [1.29, 1.82) is 0 Å². The van der Waals surface area contributed by atoms with Crippen molar-refractivity contribution in [3.05, 3.63) is 65.4 Å². The number of pyridine rings is 1. The molecule has 2 aromatic heterocycles. The minimum absolute atomic E-state index is 0.168. The molecular weight excluding hydrogens is 423 g/mol. The molecule has 1 unspecified atom stereocenters. The molecule has 3 N–H and O–H groups in total. The number of primary amides is 1. The van der Waals surface area contributed by atoms with E-state index in [0.29, 0.717) is 17.9 Å². The SMILES string of the molecule is NC(=O)C1CCCN(c2ccc(NC(=O)c3nn(-c4ccc(F)cc4)c4c3CCC4)cn2)C1. The van der Waals surface area contributed by atoms with Crippen LogP contribution in [0, 0.1) is 11.7 Å². The van der Waals surface area contributed by atoms with Crippen molar-refractivity contribution in [1.82, 2.24) is 14.8 Å². The van der Waals surface area contributed by atoms with Crippen LogP contribution >= 0.6 is 0 Å². The monoisotopic (exact) mass is 448 g/mol. The molecule has 1 fully saturated rings. The van der Waals surface area contributed by atoms with E-state index in [0.717, 1.165) is 61.4 Å². The maximum atomic E-state index is 13.3. The summed E-state index contributed by atoms with van der Waals surface area (Å²) >= 11 is 0. The maximum Gasteiger partial charge on any atom is 0.276 e. The first-order valence-electron chi connectivity index (χ1n) is 11.2. The highest BCUT2D eigenvalue weighted by Gasteiger charge is 2.28. The Morgan fingerprint density at radius 3 is 2.64 bits per heavy atom. The van der Waals surface area contributed by atoms with E-state index in [2.05, 4.69) is 15.4 Å². The Kier molecular flexibility index (Phi) is 5.53. The highest BCUT2D eigenvalue weighted by atomic mass is 19.1. The van der Waals surface area contributed by atoms with Crippen molar-refractivity contribution in [2.45, 2.75) is 32.1 Å². The summed E-state index contributed by atoms with van der Waals surface area (Å²) in [4.78, 5) is 31.1. The Balaban J connectivity index is 1.33. The number of rotatable bonds is 5. The van der Waals surface area contributed by atoms with E-state index in [1.807, 2.05) is 11.0 Å². The number of amides is 2. The van der Waals surface area contributed by atoms with Crippen LogP contribution in [0.25, 0.3) is 5.69 Å². The van der Waals surface area contributed by atoms with Crippen molar-refractivity contribution < 1.29 is 14.0 Å². The molecule has 1 aliphatic heterocycles. The molecule has 1 aliphatic carbocycles. The van der Waals surface area contributed by atoms with Crippen molar-refractivity contribution >= 4 is 23.3 Å². The fourth-order valence-electron chi connectivity index (χ4n) is 4.67. The molecule has 0 spiro atoms. The Hall–Kier alpha value is -3.75. The highest BCUT2D eigenvalue weighted by molar-refractivity contribution is 6.04. The number of anilines is 2. The van der Waals surface area contributed by atoms with Crippen molar-refractivity contribution in [3.8, 4) is 5.69 Å². The summed E-state index contributed by atoms with van der Waals surface area (Å²) in [6.45, 7) is 1.37. The summed E-state index contributed by atoms with van der Waals surface area (Å²) in [6, 6.07) is 9.73. The molecule has 1 saturated heterocycles. The van der Waals surface area contributed by atoms with E-state index in [-0.39, 0.29) is 23.5 Å². The van der Waals surface area contributed by atoms with Gasteiger partial charge in [0.1, 0.15) is 11.6 Å². The quantitative estimate of drug-likeness (QED) is 0.624. The van der Waals surface area contributed by atoms with Crippen LogP contribution in [0.1, 0.15) is 41.0 Å². The van der Waals surface area contributed by atoms with Gasteiger partial charge in [-0.25, -0.2) is 14.1 Å². The van der Waals surface area contributed by atoms with E-state index >= 15 is 0 Å². The lowest BCUT2D eigenvalue weighted by molar-refractivity contribution is -0.122. The smallest absolute Gasteiger partial charge is 0.276 e. The zero-order valence-corrected chi connectivity index (χ0v) is 18.1. The molecule has 2 amide bonds. The predicted octanol–water partition coefficient (Wildman–Crippen LogP) is 2.85. The predicted molar refractivity (Wildman–Crippen MR) is 122 cm³/mol. The van der Waals surface area contributed by atoms with Crippen LogP contribution in [-0.2, 0) is 17.6 Å². The molecule has 2 aliphatic rings. The van der Waals surface area contributed by atoms with Crippen LogP contribution < -0.4 is 16.0 Å². The first-order valence-corrected chi connectivity index (χ1v) is 11.2. The zero-order chi connectivity index (χ0) is 22.9. The Labute approximate surface area is 190 Å². The molecule has 0 bridgehead atoms. The molecule has 8 nitrogen and oxygen atoms in total. The van der Waals surface area contributed by atoms with Crippen LogP contribution in [0.4, 0.5) is 15.9 Å². The Morgan fingerprint density at radius 1 is 1.09 bits per heavy atom. The fraction of sp³-hybridized carbons (Fsp3) is 0.333. The number of fused-ring (bicyclic) bond motifs is 1. The van der Waals surface area contributed by atoms with E-state index in [1.54, 1.807) is 29.1 Å². The van der Waals surface area contributed by atoms with Crippen LogP contribution in [0.2, 0.25) is 0 Å². The number of hydrogen-bond acceptors (Lipinski definition) is 5. The maximum absolute atomic E-state index is 13.3. The molecule has 1 aromatic carbocycles. The molecule has 0 radical (unpaired) electrons. The van der Waals surface area contributed by atoms with Crippen LogP contribution in [0.15, 0.2) is 42.6 Å². The van der Waals surface area contributed by atoms with Gasteiger partial charge < -0.3 is 16.0 Å². The standard InChI is InChI=1S/C24H25FN6O2/c25-16-6-9-18(10-7-16)31-20-5-1-4-19(20)22(29-31)24(33)28-17-8-11-21(27-13-17)30-12-2-3-15(14-30)23(26)32/h6-11,13,15H,1-5,12,14H2,(H2,26,32)(H,28,33). The number of nitrogens with one attached hydrogen (secondary N) is 1. The fourth-order valence-corrected chi connectivity index (χ4v) is 4.67. The number of carbonyl (C=O) groups is 2. The first kappa shape index (κ1) is 21.1. The number of nitrogens with two attached hydrogens (primary N) is 1. The number of benzene rings is 1. The van der Waals surface area contributed by atoms with Gasteiger partial charge in [0.15, 0.2) is 5.69 Å². The van der Waals surface area contributed by atoms with Gasteiger partial charge in [-0.2, -0.15) is 5.10 Å². The number of nitrogens with zero attached hydrogens (tertiary/aromatic N) is 4. The molecule has 3 aromatic rings. The zero-order valence-electron chi connectivity index (χ0n) is 18.1. The van der Waals surface area contributed by atoms with Crippen LogP contribution in [0.3, 0.4) is 0 Å². The second-order valence-corrected chi connectivity index (χ2v) is 8.56. The summed E-state index contributed by atoms with van der Waals surface area (Å²) in [5.41, 5.74) is 9.08. The van der Waals surface area contributed by atoms with E-state index in [9.17, 15) is 14.0 Å². The van der Waals surface area contributed by atoms with Gasteiger partial charge >= 0.3 is 0 Å². The third kappa shape index (κ3) is 4.18. The number of carbonyl (C=O) groups excluding carboxylic acids is 2. The summed E-state index contributed by atoms with van der Waals surface area (Å²) in [7, 11) is 0. The molecule has 5 rings (SSSR count). The topological polar surface area (TPSA) is 106 Å². The summed E-state index contributed by atoms with van der Waals surface area (Å²) in [5.74, 6) is -0.309. The van der Waals surface area contributed by atoms with Gasteiger partial charge in [0.05, 0.1) is 23.5 Å². The largest absolute Gasteiger partial charge is 0.369 e. The molecular formula is C24H25FN6O2. The van der Waals surface area contributed by atoms with E-state index in [1.165, 1.54) is 12.1 Å². The van der Waals surface area contributed by atoms with Gasteiger partial charge in [-0.15, -0.1) is 0 Å². The normalized spacial score (nSPS) is 17.6. The Bertz CT molecular complexity index is 1190. The number of piperidine rings is 1. The lowest BCUT2D eigenvalue weighted by Gasteiger charge is -2.32. The average Bonchev–Trinajstić information content (AvgIpc) is 3.43. The van der Waals surface area contributed by atoms with Gasteiger partial charge in [0.25, 0.3) is 5.91 Å². The lowest BCUT2D eigenvalue weighted by atomic mass is 9.97. The summed E-state index contributed by atoms with van der Waals surface area (Å²) < 4.78 is 15.1.